The average molecular weight is 344 g/mol. The second-order valence-corrected chi connectivity index (χ2v) is 7.41. The normalized spacial score (nSPS) is 22.6. The van der Waals surface area contributed by atoms with Crippen LogP contribution in [0.4, 0.5) is 0 Å². The highest BCUT2D eigenvalue weighted by molar-refractivity contribution is 5.73. The average Bonchev–Trinajstić information content (AvgIpc) is 2.62. The standard InChI is InChI=1S/C23H24N2O/c1-16-8-19(12-24)9-17(2)23(16)20-10-21-14-26-15-22(11-20)25(21)13-18-6-4-3-5-7-18/h3-10,21-22H,11,13-15H2,1-2H3. The Kier molecular flexibility index (Phi) is 4.63. The lowest BCUT2D eigenvalue weighted by Gasteiger charge is -2.45. The molecular formula is C23H24N2O. The molecule has 0 saturated carbocycles. The van der Waals surface area contributed by atoms with Crippen LogP contribution < -0.4 is 0 Å². The van der Waals surface area contributed by atoms with Crippen molar-refractivity contribution >= 4 is 5.57 Å². The van der Waals surface area contributed by atoms with Gasteiger partial charge in [0.25, 0.3) is 0 Å². The van der Waals surface area contributed by atoms with E-state index in [1.54, 1.807) is 0 Å². The van der Waals surface area contributed by atoms with E-state index in [0.717, 1.165) is 31.7 Å². The number of hydrogen-bond donors (Lipinski definition) is 0. The van der Waals surface area contributed by atoms with Crippen LogP contribution in [0, 0.1) is 25.2 Å². The second kappa shape index (κ2) is 7.07. The fourth-order valence-electron chi connectivity index (χ4n) is 4.42. The molecule has 2 aromatic rings. The summed E-state index contributed by atoms with van der Waals surface area (Å²) in [7, 11) is 0. The minimum absolute atomic E-state index is 0.312. The molecule has 3 nitrogen and oxygen atoms in total. The van der Waals surface area contributed by atoms with Gasteiger partial charge in [0.2, 0.25) is 0 Å². The first-order chi connectivity index (χ1) is 12.7. The summed E-state index contributed by atoms with van der Waals surface area (Å²) in [6.45, 7) is 6.74. The van der Waals surface area contributed by atoms with E-state index >= 15 is 0 Å². The largest absolute Gasteiger partial charge is 0.378 e. The molecule has 0 spiro atoms. The van der Waals surface area contributed by atoms with Crippen molar-refractivity contribution in [2.45, 2.75) is 38.9 Å². The van der Waals surface area contributed by atoms with Gasteiger partial charge in [0.15, 0.2) is 0 Å². The molecular weight excluding hydrogens is 320 g/mol. The van der Waals surface area contributed by atoms with Crippen molar-refractivity contribution < 1.29 is 4.74 Å². The van der Waals surface area contributed by atoms with Crippen molar-refractivity contribution in [3.05, 3.63) is 76.4 Å². The molecule has 132 valence electrons. The number of fused-ring (bicyclic) bond motifs is 2. The van der Waals surface area contributed by atoms with Crippen molar-refractivity contribution in [3.8, 4) is 6.07 Å². The molecule has 2 heterocycles. The summed E-state index contributed by atoms with van der Waals surface area (Å²) in [5.41, 5.74) is 7.22. The highest BCUT2D eigenvalue weighted by atomic mass is 16.5. The molecule has 0 amide bonds. The molecule has 2 unspecified atom stereocenters. The van der Waals surface area contributed by atoms with Gasteiger partial charge in [-0.1, -0.05) is 36.4 Å². The van der Waals surface area contributed by atoms with Crippen LogP contribution in [-0.2, 0) is 11.3 Å². The minimum Gasteiger partial charge on any atom is -0.378 e. The van der Waals surface area contributed by atoms with Crippen LogP contribution in [0.25, 0.3) is 5.57 Å². The summed E-state index contributed by atoms with van der Waals surface area (Å²) in [4.78, 5) is 2.58. The van der Waals surface area contributed by atoms with Crippen molar-refractivity contribution in [2.75, 3.05) is 13.2 Å². The zero-order chi connectivity index (χ0) is 18.1. The predicted molar refractivity (Wildman–Crippen MR) is 104 cm³/mol. The molecule has 2 bridgehead atoms. The Balaban J connectivity index is 1.66. The third-order valence-corrected chi connectivity index (χ3v) is 5.53. The smallest absolute Gasteiger partial charge is 0.0991 e. The molecule has 1 saturated heterocycles. The number of benzene rings is 2. The van der Waals surface area contributed by atoms with Crippen molar-refractivity contribution in [1.29, 1.82) is 5.26 Å². The van der Waals surface area contributed by atoms with Gasteiger partial charge in [-0.15, -0.1) is 0 Å². The van der Waals surface area contributed by atoms with Gasteiger partial charge in [0.1, 0.15) is 0 Å². The van der Waals surface area contributed by atoms with E-state index in [2.05, 4.69) is 61.2 Å². The van der Waals surface area contributed by atoms with Gasteiger partial charge in [-0.05, 0) is 60.2 Å². The van der Waals surface area contributed by atoms with Crippen LogP contribution >= 0.6 is 0 Å². The lowest BCUT2D eigenvalue weighted by molar-refractivity contribution is -0.0402. The van der Waals surface area contributed by atoms with Crippen LogP contribution in [0.2, 0.25) is 0 Å². The molecule has 2 aliphatic rings. The molecule has 1 fully saturated rings. The minimum atomic E-state index is 0.312. The molecule has 0 aromatic heterocycles. The van der Waals surface area contributed by atoms with Gasteiger partial charge in [0, 0.05) is 12.6 Å². The molecule has 3 heteroatoms. The maximum Gasteiger partial charge on any atom is 0.0991 e. The maximum absolute atomic E-state index is 9.21. The fraction of sp³-hybridized carbons (Fsp3) is 0.348. The Morgan fingerprint density at radius 1 is 1.12 bits per heavy atom. The quantitative estimate of drug-likeness (QED) is 0.836. The predicted octanol–water partition coefficient (Wildman–Crippen LogP) is 4.23. The number of nitrogens with zero attached hydrogens (tertiary/aromatic N) is 2. The van der Waals surface area contributed by atoms with Gasteiger partial charge < -0.3 is 4.74 Å². The zero-order valence-corrected chi connectivity index (χ0v) is 15.4. The summed E-state index contributed by atoms with van der Waals surface area (Å²) < 4.78 is 5.86. The lowest BCUT2D eigenvalue weighted by atomic mass is 9.85. The number of morpholine rings is 1. The van der Waals surface area contributed by atoms with Crippen molar-refractivity contribution in [1.82, 2.24) is 4.90 Å². The van der Waals surface area contributed by atoms with Crippen LogP contribution in [0.1, 0.15) is 34.2 Å². The number of ether oxygens (including phenoxy) is 1. The van der Waals surface area contributed by atoms with E-state index in [-0.39, 0.29) is 0 Å². The first kappa shape index (κ1) is 17.0. The van der Waals surface area contributed by atoms with Crippen molar-refractivity contribution in [3.63, 3.8) is 0 Å². The zero-order valence-electron chi connectivity index (χ0n) is 15.4. The maximum atomic E-state index is 9.21. The molecule has 2 atom stereocenters. The van der Waals surface area contributed by atoms with Crippen LogP contribution in [0.5, 0.6) is 0 Å². The second-order valence-electron chi connectivity index (χ2n) is 7.41. The molecule has 0 radical (unpaired) electrons. The molecule has 4 rings (SSSR count). The third-order valence-electron chi connectivity index (χ3n) is 5.53. The Labute approximate surface area is 155 Å². The molecule has 26 heavy (non-hydrogen) atoms. The summed E-state index contributed by atoms with van der Waals surface area (Å²) in [6, 6.07) is 17.7. The van der Waals surface area contributed by atoms with Gasteiger partial charge in [-0.3, -0.25) is 4.90 Å². The van der Waals surface area contributed by atoms with E-state index in [1.165, 1.54) is 27.8 Å². The monoisotopic (exact) mass is 344 g/mol. The van der Waals surface area contributed by atoms with Gasteiger partial charge >= 0.3 is 0 Å². The van der Waals surface area contributed by atoms with Crippen molar-refractivity contribution in [2.24, 2.45) is 0 Å². The number of hydrogen-bond acceptors (Lipinski definition) is 3. The molecule has 0 N–H and O–H groups in total. The number of aryl methyl sites for hydroxylation is 2. The van der Waals surface area contributed by atoms with E-state index < -0.39 is 0 Å². The third kappa shape index (κ3) is 3.19. The van der Waals surface area contributed by atoms with Crippen LogP contribution in [-0.4, -0.2) is 30.2 Å². The highest BCUT2D eigenvalue weighted by Gasteiger charge is 2.35. The molecule has 2 aliphatic heterocycles. The Hall–Kier alpha value is -2.41. The fourth-order valence-corrected chi connectivity index (χ4v) is 4.42. The van der Waals surface area contributed by atoms with E-state index in [9.17, 15) is 5.26 Å². The van der Waals surface area contributed by atoms with Gasteiger partial charge in [-0.25, -0.2) is 0 Å². The van der Waals surface area contributed by atoms with E-state index in [1.807, 2.05) is 12.1 Å². The van der Waals surface area contributed by atoms with Gasteiger partial charge in [0.05, 0.1) is 30.9 Å². The molecule has 0 aliphatic carbocycles. The first-order valence-corrected chi connectivity index (χ1v) is 9.25. The van der Waals surface area contributed by atoms with Crippen LogP contribution in [0.3, 0.4) is 0 Å². The molecule has 2 aromatic carbocycles. The van der Waals surface area contributed by atoms with E-state index in [0.29, 0.717) is 12.1 Å². The van der Waals surface area contributed by atoms with E-state index in [4.69, 9.17) is 4.74 Å². The first-order valence-electron chi connectivity index (χ1n) is 9.25. The SMILES string of the molecule is Cc1cc(C#N)cc(C)c1C1=CC2COCC(C1)N2Cc1ccccc1. The highest BCUT2D eigenvalue weighted by Crippen LogP contribution is 2.36. The Bertz CT molecular complexity index is 856. The number of rotatable bonds is 3. The summed E-state index contributed by atoms with van der Waals surface area (Å²) >= 11 is 0. The number of nitriles is 1. The summed E-state index contributed by atoms with van der Waals surface area (Å²) in [5.74, 6) is 0. The Morgan fingerprint density at radius 3 is 2.50 bits per heavy atom. The van der Waals surface area contributed by atoms with Crippen LogP contribution in [0.15, 0.2) is 48.5 Å². The van der Waals surface area contributed by atoms with Gasteiger partial charge in [-0.2, -0.15) is 5.26 Å². The lowest BCUT2D eigenvalue weighted by Crippen LogP contribution is -2.53. The topological polar surface area (TPSA) is 36.3 Å². The Morgan fingerprint density at radius 2 is 1.85 bits per heavy atom. The summed E-state index contributed by atoms with van der Waals surface area (Å²) in [5, 5.41) is 9.21. The summed E-state index contributed by atoms with van der Waals surface area (Å²) in [6.07, 6.45) is 3.39.